The lowest BCUT2D eigenvalue weighted by atomic mass is 10.1. The largest absolute Gasteiger partial charge is 0.465 e. The topological polar surface area (TPSA) is 64.4 Å². The molecule has 1 rings (SSSR count). The van der Waals surface area contributed by atoms with E-state index in [-0.39, 0.29) is 5.97 Å². The van der Waals surface area contributed by atoms with Gasteiger partial charge in [-0.1, -0.05) is 11.8 Å². The predicted octanol–water partition coefficient (Wildman–Crippen LogP) is 1.92. The van der Waals surface area contributed by atoms with Gasteiger partial charge < -0.3 is 14.5 Å². The van der Waals surface area contributed by atoms with Crippen molar-refractivity contribution in [1.29, 1.82) is 0 Å². The number of hydrogen-bond acceptors (Lipinski definition) is 6. The second kappa shape index (κ2) is 6.24. The molecule has 0 bridgehead atoms. The molecule has 0 aliphatic rings. The number of hydrogen-bond donors (Lipinski definition) is 1. The van der Waals surface area contributed by atoms with Crippen LogP contribution in [0.25, 0.3) is 0 Å². The number of rotatable bonds is 6. The highest BCUT2D eigenvalue weighted by Crippen LogP contribution is 2.24. The first-order valence-corrected chi connectivity index (χ1v) is 6.84. The molecule has 0 radical (unpaired) electrons. The molecule has 0 amide bonds. The maximum Gasteiger partial charge on any atom is 0.326 e. The van der Waals surface area contributed by atoms with E-state index in [0.29, 0.717) is 17.6 Å². The van der Waals surface area contributed by atoms with Crippen LogP contribution in [-0.2, 0) is 9.53 Å². The first kappa shape index (κ1) is 15.0. The number of carbonyl (C=O) groups is 1. The van der Waals surface area contributed by atoms with Gasteiger partial charge in [0.15, 0.2) is 0 Å². The summed E-state index contributed by atoms with van der Waals surface area (Å²) in [6.45, 7) is 7.74. The highest BCUT2D eigenvalue weighted by molar-refractivity contribution is 7.99. The highest BCUT2D eigenvalue weighted by Gasteiger charge is 2.33. The van der Waals surface area contributed by atoms with Crippen molar-refractivity contribution in [3.63, 3.8) is 0 Å². The molecular weight excluding hydrogens is 252 g/mol. The molecule has 1 N–H and O–H groups in total. The zero-order valence-electron chi connectivity index (χ0n) is 11.5. The Morgan fingerprint density at radius 1 is 1.56 bits per heavy atom. The van der Waals surface area contributed by atoms with Gasteiger partial charge in [0.2, 0.25) is 0 Å². The summed E-state index contributed by atoms with van der Waals surface area (Å²) in [6.07, 6.45) is 0. The molecule has 0 fully saturated rings. The fourth-order valence-corrected chi connectivity index (χ4v) is 2.29. The second-order valence-electron chi connectivity index (χ2n) is 4.21. The van der Waals surface area contributed by atoms with Crippen LogP contribution in [0, 0.1) is 13.8 Å². The lowest BCUT2D eigenvalue weighted by molar-refractivity contribution is -0.149. The lowest BCUT2D eigenvalue weighted by Crippen LogP contribution is -2.50. The van der Waals surface area contributed by atoms with E-state index in [0.717, 1.165) is 11.5 Å². The number of ether oxygens (including phenoxy) is 1. The SMILES string of the molecule is CCOC(=O)C(C)(CSc1nc(C)c(C)o1)NC. The van der Waals surface area contributed by atoms with Gasteiger partial charge in [-0.3, -0.25) is 4.79 Å². The third kappa shape index (κ3) is 3.49. The molecule has 18 heavy (non-hydrogen) atoms. The van der Waals surface area contributed by atoms with Crippen molar-refractivity contribution in [1.82, 2.24) is 10.3 Å². The van der Waals surface area contributed by atoms with Gasteiger partial charge in [-0.05, 0) is 34.7 Å². The Morgan fingerprint density at radius 2 is 2.22 bits per heavy atom. The Balaban J connectivity index is 2.66. The summed E-state index contributed by atoms with van der Waals surface area (Å²) in [6, 6.07) is 0. The van der Waals surface area contributed by atoms with Crippen LogP contribution in [0.4, 0.5) is 0 Å². The minimum atomic E-state index is -0.739. The minimum absolute atomic E-state index is 0.264. The fraction of sp³-hybridized carbons (Fsp3) is 0.667. The smallest absolute Gasteiger partial charge is 0.326 e. The van der Waals surface area contributed by atoms with E-state index in [1.807, 2.05) is 13.8 Å². The molecule has 102 valence electrons. The number of thioether (sulfide) groups is 1. The highest BCUT2D eigenvalue weighted by atomic mass is 32.2. The summed E-state index contributed by atoms with van der Waals surface area (Å²) in [4.78, 5) is 16.1. The minimum Gasteiger partial charge on any atom is -0.465 e. The quantitative estimate of drug-likeness (QED) is 0.630. The number of oxazole rings is 1. The van der Waals surface area contributed by atoms with Crippen LogP contribution in [0.1, 0.15) is 25.3 Å². The van der Waals surface area contributed by atoms with Crippen molar-refractivity contribution in [2.24, 2.45) is 0 Å². The van der Waals surface area contributed by atoms with Crippen molar-refractivity contribution in [3.05, 3.63) is 11.5 Å². The molecule has 1 aromatic rings. The van der Waals surface area contributed by atoms with Crippen molar-refractivity contribution in [2.45, 2.75) is 38.5 Å². The van der Waals surface area contributed by atoms with E-state index in [4.69, 9.17) is 9.15 Å². The Morgan fingerprint density at radius 3 is 2.67 bits per heavy atom. The molecule has 1 atom stereocenters. The van der Waals surface area contributed by atoms with Crippen LogP contribution in [0.2, 0.25) is 0 Å². The first-order valence-electron chi connectivity index (χ1n) is 5.86. The first-order chi connectivity index (χ1) is 8.42. The van der Waals surface area contributed by atoms with Gasteiger partial charge in [0.25, 0.3) is 5.22 Å². The number of nitrogens with zero attached hydrogens (tertiary/aromatic N) is 1. The van der Waals surface area contributed by atoms with E-state index in [1.54, 1.807) is 20.9 Å². The van der Waals surface area contributed by atoms with Crippen molar-refractivity contribution in [2.75, 3.05) is 19.4 Å². The zero-order valence-corrected chi connectivity index (χ0v) is 12.3. The van der Waals surface area contributed by atoms with Crippen LogP contribution in [0.5, 0.6) is 0 Å². The van der Waals surface area contributed by atoms with Crippen LogP contribution < -0.4 is 5.32 Å². The fourth-order valence-electron chi connectivity index (χ4n) is 1.23. The number of likely N-dealkylation sites (N-methyl/N-ethyl adjacent to an activating group) is 1. The van der Waals surface area contributed by atoms with E-state index in [9.17, 15) is 4.79 Å². The van der Waals surface area contributed by atoms with E-state index >= 15 is 0 Å². The maximum absolute atomic E-state index is 11.8. The molecule has 1 heterocycles. The molecule has 1 unspecified atom stereocenters. The van der Waals surface area contributed by atoms with Crippen LogP contribution >= 0.6 is 11.8 Å². The Labute approximate surface area is 112 Å². The monoisotopic (exact) mass is 272 g/mol. The van der Waals surface area contributed by atoms with Gasteiger partial charge in [-0.25, -0.2) is 4.98 Å². The third-order valence-corrected chi connectivity index (χ3v) is 3.91. The zero-order chi connectivity index (χ0) is 13.8. The molecule has 0 saturated carbocycles. The Hall–Kier alpha value is -1.01. The van der Waals surface area contributed by atoms with Crippen LogP contribution in [-0.4, -0.2) is 35.9 Å². The Bertz CT molecular complexity index is 400. The average molecular weight is 272 g/mol. The van der Waals surface area contributed by atoms with Crippen LogP contribution in [0.15, 0.2) is 9.64 Å². The van der Waals surface area contributed by atoms with Crippen molar-refractivity contribution < 1.29 is 13.9 Å². The van der Waals surface area contributed by atoms with Crippen LogP contribution in [0.3, 0.4) is 0 Å². The van der Waals surface area contributed by atoms with Gasteiger partial charge in [0.1, 0.15) is 11.3 Å². The van der Waals surface area contributed by atoms with Crippen molar-refractivity contribution in [3.8, 4) is 0 Å². The molecule has 1 aromatic heterocycles. The third-order valence-electron chi connectivity index (χ3n) is 2.77. The average Bonchev–Trinajstić information content (AvgIpc) is 2.66. The second-order valence-corrected chi connectivity index (χ2v) is 5.14. The number of aryl methyl sites for hydroxylation is 2. The molecule has 6 heteroatoms. The Kier molecular flexibility index (Phi) is 5.22. The van der Waals surface area contributed by atoms with Gasteiger partial charge in [0, 0.05) is 5.75 Å². The molecule has 0 aromatic carbocycles. The standard InChI is InChI=1S/C12H20N2O3S/c1-6-16-10(15)12(4,13-5)7-18-11-14-8(2)9(3)17-11/h13H,6-7H2,1-5H3. The summed E-state index contributed by atoms with van der Waals surface area (Å²) >= 11 is 1.40. The summed E-state index contributed by atoms with van der Waals surface area (Å²) in [5, 5.41) is 3.57. The number of esters is 1. The molecular formula is C12H20N2O3S. The number of carbonyl (C=O) groups excluding carboxylic acids is 1. The summed E-state index contributed by atoms with van der Waals surface area (Å²) < 4.78 is 10.5. The lowest BCUT2D eigenvalue weighted by Gasteiger charge is -2.25. The van der Waals surface area contributed by atoms with Gasteiger partial charge in [-0.2, -0.15) is 0 Å². The molecule has 0 spiro atoms. The predicted molar refractivity (Wildman–Crippen MR) is 70.8 cm³/mol. The van der Waals surface area contributed by atoms with Gasteiger partial charge in [0.05, 0.1) is 12.3 Å². The van der Waals surface area contributed by atoms with Crippen molar-refractivity contribution >= 4 is 17.7 Å². The van der Waals surface area contributed by atoms with Gasteiger partial charge in [-0.15, -0.1) is 0 Å². The normalized spacial score (nSPS) is 14.3. The summed E-state index contributed by atoms with van der Waals surface area (Å²) in [5.41, 5.74) is 0.136. The van der Waals surface area contributed by atoms with Gasteiger partial charge >= 0.3 is 5.97 Å². The van der Waals surface area contributed by atoms with E-state index < -0.39 is 5.54 Å². The molecule has 0 aliphatic heterocycles. The number of nitrogens with one attached hydrogen (secondary N) is 1. The molecule has 5 nitrogen and oxygen atoms in total. The molecule has 0 aliphatic carbocycles. The number of aromatic nitrogens is 1. The van der Waals surface area contributed by atoms with E-state index in [2.05, 4.69) is 10.3 Å². The molecule has 0 saturated heterocycles. The van der Waals surface area contributed by atoms with E-state index in [1.165, 1.54) is 11.8 Å². The summed E-state index contributed by atoms with van der Waals surface area (Å²) in [7, 11) is 1.74. The maximum atomic E-state index is 11.8. The summed E-state index contributed by atoms with van der Waals surface area (Å²) in [5.74, 6) is 1.04.